The van der Waals surface area contributed by atoms with E-state index in [1.807, 2.05) is 35.0 Å². The van der Waals surface area contributed by atoms with Crippen LogP contribution in [0.5, 0.6) is 5.75 Å². The molecule has 3 nitrogen and oxygen atoms in total. The van der Waals surface area contributed by atoms with Gasteiger partial charge in [-0.25, -0.2) is 4.68 Å². The van der Waals surface area contributed by atoms with Crippen LogP contribution in [0.4, 0.5) is 0 Å². The Hall–Kier alpha value is -3.04. The highest BCUT2D eigenvalue weighted by atomic mass is 35.5. The van der Waals surface area contributed by atoms with Crippen molar-refractivity contribution in [2.75, 3.05) is 7.11 Å². The summed E-state index contributed by atoms with van der Waals surface area (Å²) in [5, 5.41) is 5.78. The quantitative estimate of drug-likeness (QED) is 0.415. The third kappa shape index (κ3) is 3.22. The van der Waals surface area contributed by atoms with Gasteiger partial charge in [-0.05, 0) is 48.6 Å². The number of hydrogen-bond donors (Lipinski definition) is 0. The van der Waals surface area contributed by atoms with Gasteiger partial charge in [-0.1, -0.05) is 66.2 Å². The second-order valence-corrected chi connectivity index (χ2v) is 7.82. The minimum Gasteiger partial charge on any atom is -0.494 e. The zero-order valence-corrected chi connectivity index (χ0v) is 16.9. The first-order valence-corrected chi connectivity index (χ1v) is 10.2. The summed E-state index contributed by atoms with van der Waals surface area (Å²) >= 11 is 6.16. The lowest BCUT2D eigenvalue weighted by Gasteiger charge is -2.15. The smallest absolute Gasteiger partial charge is 0.144 e. The van der Waals surface area contributed by atoms with E-state index in [1.54, 1.807) is 7.11 Å². The van der Waals surface area contributed by atoms with Gasteiger partial charge in [-0.15, -0.1) is 0 Å². The van der Waals surface area contributed by atoms with Crippen LogP contribution < -0.4 is 4.74 Å². The van der Waals surface area contributed by atoms with Crippen molar-refractivity contribution >= 4 is 11.6 Å². The first kappa shape index (κ1) is 18.0. The van der Waals surface area contributed by atoms with Crippen LogP contribution in [-0.2, 0) is 12.8 Å². The van der Waals surface area contributed by atoms with Crippen molar-refractivity contribution in [3.8, 4) is 22.7 Å². The molecule has 0 amide bonds. The van der Waals surface area contributed by atoms with E-state index in [1.165, 1.54) is 11.1 Å². The van der Waals surface area contributed by atoms with E-state index < -0.39 is 0 Å². The Morgan fingerprint density at radius 3 is 2.38 bits per heavy atom. The highest BCUT2D eigenvalue weighted by molar-refractivity contribution is 6.30. The van der Waals surface area contributed by atoms with E-state index in [4.69, 9.17) is 21.4 Å². The van der Waals surface area contributed by atoms with Crippen molar-refractivity contribution in [1.82, 2.24) is 9.78 Å². The number of ether oxygens (including phenoxy) is 1. The third-order valence-corrected chi connectivity index (χ3v) is 5.91. The number of methoxy groups -OCH3 is 1. The molecule has 3 aromatic carbocycles. The highest BCUT2D eigenvalue weighted by Crippen LogP contribution is 2.41. The third-order valence-electron chi connectivity index (χ3n) is 5.66. The standard InChI is InChI=1S/C25H21ClN2O/c1-29-24-10-6-5-9-23(24)28-25(18-11-13-20(26)14-12-18)21-15-19(16-22(21)27-28)17-7-3-2-4-8-17/h2-14,19H,15-16H2,1H3. The van der Waals surface area contributed by atoms with E-state index >= 15 is 0 Å². The van der Waals surface area contributed by atoms with Crippen LogP contribution in [0.2, 0.25) is 5.02 Å². The van der Waals surface area contributed by atoms with Gasteiger partial charge in [0.15, 0.2) is 0 Å². The van der Waals surface area contributed by atoms with Crippen molar-refractivity contribution < 1.29 is 4.74 Å². The molecule has 0 radical (unpaired) electrons. The second kappa shape index (κ2) is 7.41. The van der Waals surface area contributed by atoms with E-state index in [9.17, 15) is 0 Å². The van der Waals surface area contributed by atoms with Crippen LogP contribution >= 0.6 is 11.6 Å². The van der Waals surface area contributed by atoms with Gasteiger partial charge < -0.3 is 4.74 Å². The van der Waals surface area contributed by atoms with Gasteiger partial charge in [0.2, 0.25) is 0 Å². The van der Waals surface area contributed by atoms with Crippen LogP contribution in [0.15, 0.2) is 78.9 Å². The van der Waals surface area contributed by atoms with Gasteiger partial charge in [0.25, 0.3) is 0 Å². The summed E-state index contributed by atoms with van der Waals surface area (Å²) in [7, 11) is 1.70. The molecule has 144 valence electrons. The Kier molecular flexibility index (Phi) is 4.61. The molecule has 0 spiro atoms. The Balaban J connectivity index is 1.66. The maximum atomic E-state index is 6.16. The van der Waals surface area contributed by atoms with Gasteiger partial charge in [-0.2, -0.15) is 5.10 Å². The van der Waals surface area contributed by atoms with Crippen molar-refractivity contribution in [3.63, 3.8) is 0 Å². The van der Waals surface area contributed by atoms with E-state index in [-0.39, 0.29) is 0 Å². The molecule has 1 heterocycles. The molecule has 1 atom stereocenters. The fraction of sp³-hybridized carbons (Fsp3) is 0.160. The molecule has 0 saturated carbocycles. The summed E-state index contributed by atoms with van der Waals surface area (Å²) in [5.74, 6) is 1.27. The van der Waals surface area contributed by atoms with Crippen molar-refractivity contribution in [2.24, 2.45) is 0 Å². The fourth-order valence-corrected chi connectivity index (χ4v) is 4.40. The minimum atomic E-state index is 0.465. The Morgan fingerprint density at radius 2 is 1.62 bits per heavy atom. The number of para-hydroxylation sites is 2. The first-order valence-electron chi connectivity index (χ1n) is 9.79. The zero-order valence-electron chi connectivity index (χ0n) is 16.2. The van der Waals surface area contributed by atoms with Crippen molar-refractivity contribution in [3.05, 3.63) is 101 Å². The number of aromatic nitrogens is 2. The van der Waals surface area contributed by atoms with Gasteiger partial charge in [-0.3, -0.25) is 0 Å². The normalized spacial score (nSPS) is 15.3. The maximum absolute atomic E-state index is 6.16. The molecule has 1 aliphatic carbocycles. The first-order chi connectivity index (χ1) is 14.2. The van der Waals surface area contributed by atoms with Crippen molar-refractivity contribution in [1.29, 1.82) is 0 Å². The van der Waals surface area contributed by atoms with E-state index in [0.717, 1.165) is 46.3 Å². The lowest BCUT2D eigenvalue weighted by molar-refractivity contribution is 0.411. The molecule has 0 bridgehead atoms. The molecule has 1 unspecified atom stereocenters. The maximum Gasteiger partial charge on any atom is 0.144 e. The SMILES string of the molecule is COc1ccccc1-n1nc2c(c1-c1ccc(Cl)cc1)CC(c1ccccc1)C2. The zero-order chi connectivity index (χ0) is 19.8. The molecule has 4 aromatic rings. The number of nitrogens with zero attached hydrogens (tertiary/aromatic N) is 2. The predicted octanol–water partition coefficient (Wildman–Crippen LogP) is 6.08. The van der Waals surface area contributed by atoms with Gasteiger partial charge in [0.1, 0.15) is 11.4 Å². The molecule has 0 N–H and O–H groups in total. The summed E-state index contributed by atoms with van der Waals surface area (Å²) in [4.78, 5) is 0. The number of fused-ring (bicyclic) bond motifs is 1. The summed E-state index contributed by atoms with van der Waals surface area (Å²) in [6.45, 7) is 0. The highest BCUT2D eigenvalue weighted by Gasteiger charge is 2.31. The molecular weight excluding hydrogens is 380 g/mol. The number of benzene rings is 3. The minimum absolute atomic E-state index is 0.465. The van der Waals surface area contributed by atoms with E-state index in [2.05, 4.69) is 48.5 Å². The van der Waals surface area contributed by atoms with Gasteiger partial charge >= 0.3 is 0 Å². The lowest BCUT2D eigenvalue weighted by atomic mass is 9.95. The molecule has 1 aliphatic rings. The Morgan fingerprint density at radius 1 is 0.897 bits per heavy atom. The molecule has 1 aromatic heterocycles. The predicted molar refractivity (Wildman–Crippen MR) is 117 cm³/mol. The number of rotatable bonds is 4. The molecular formula is C25H21ClN2O. The van der Waals surface area contributed by atoms with E-state index in [0.29, 0.717) is 5.92 Å². The van der Waals surface area contributed by atoms with Gasteiger partial charge in [0, 0.05) is 16.1 Å². The monoisotopic (exact) mass is 400 g/mol. The molecule has 4 heteroatoms. The van der Waals surface area contributed by atoms with Crippen LogP contribution in [0, 0.1) is 0 Å². The number of hydrogen-bond acceptors (Lipinski definition) is 2. The van der Waals surface area contributed by atoms with Crippen molar-refractivity contribution in [2.45, 2.75) is 18.8 Å². The molecule has 0 fully saturated rings. The summed E-state index contributed by atoms with van der Waals surface area (Å²) in [5.41, 5.74) is 7.03. The lowest BCUT2D eigenvalue weighted by Crippen LogP contribution is -2.06. The molecule has 0 saturated heterocycles. The molecule has 5 rings (SSSR count). The van der Waals surface area contributed by atoms with Gasteiger partial charge in [0.05, 0.1) is 18.5 Å². The topological polar surface area (TPSA) is 27.1 Å². The number of halogens is 1. The van der Waals surface area contributed by atoms with Crippen LogP contribution in [-0.4, -0.2) is 16.9 Å². The average Bonchev–Trinajstić information content (AvgIpc) is 3.33. The van der Waals surface area contributed by atoms with Crippen LogP contribution in [0.25, 0.3) is 16.9 Å². The summed E-state index contributed by atoms with van der Waals surface area (Å²) in [6, 6.07) is 26.8. The Labute approximate surface area is 175 Å². The largest absolute Gasteiger partial charge is 0.494 e. The van der Waals surface area contributed by atoms with Crippen LogP contribution in [0.3, 0.4) is 0 Å². The summed E-state index contributed by atoms with van der Waals surface area (Å²) < 4.78 is 7.65. The molecule has 29 heavy (non-hydrogen) atoms. The summed E-state index contributed by atoms with van der Waals surface area (Å²) in [6.07, 6.45) is 1.93. The fourth-order valence-electron chi connectivity index (χ4n) is 4.27. The average molecular weight is 401 g/mol. The van der Waals surface area contributed by atoms with Crippen LogP contribution in [0.1, 0.15) is 22.7 Å². The Bertz CT molecular complexity index is 1150. The molecule has 0 aliphatic heterocycles. The second-order valence-electron chi connectivity index (χ2n) is 7.38.